The number of amides is 1. The van der Waals surface area contributed by atoms with Crippen molar-refractivity contribution in [1.29, 1.82) is 0 Å². The van der Waals surface area contributed by atoms with Crippen LogP contribution in [0.4, 0.5) is 0 Å². The van der Waals surface area contributed by atoms with Gasteiger partial charge in [-0.2, -0.15) is 0 Å². The van der Waals surface area contributed by atoms with Crippen LogP contribution in [0.25, 0.3) is 0 Å². The molecule has 1 saturated heterocycles. The van der Waals surface area contributed by atoms with E-state index in [1.54, 1.807) is 6.92 Å². The van der Waals surface area contributed by atoms with Gasteiger partial charge in [0.25, 0.3) is 0 Å². The summed E-state index contributed by atoms with van der Waals surface area (Å²) >= 11 is 5.45. The van der Waals surface area contributed by atoms with Gasteiger partial charge >= 0.3 is 0 Å². The minimum absolute atomic E-state index is 0.165. The van der Waals surface area contributed by atoms with Crippen LogP contribution in [0.15, 0.2) is 0 Å². The Morgan fingerprint density at radius 3 is 2.45 bits per heavy atom. The quantitative estimate of drug-likeness (QED) is 0.598. The molecule has 0 saturated carbocycles. The van der Waals surface area contributed by atoms with Gasteiger partial charge in [-0.15, -0.1) is 0 Å². The monoisotopic (exact) mass is 176 g/mol. The average Bonchev–Trinajstić information content (AvgIpc) is 2.05. The number of carbonyl (C=O) groups excluding carboxylic acids is 1. The highest BCUT2D eigenvalue weighted by Crippen LogP contribution is 2.10. The normalized spacial score (nSPS) is 20.4. The van der Waals surface area contributed by atoms with Crippen molar-refractivity contribution in [2.24, 2.45) is 0 Å². The number of hydrogen-bond donors (Lipinski definition) is 1. The highest BCUT2D eigenvalue weighted by molar-refractivity contribution is 6.13. The number of hydrogen-bond acceptors (Lipinski definition) is 2. The molecule has 0 aromatic heterocycles. The van der Waals surface area contributed by atoms with Crippen LogP contribution in [0.3, 0.4) is 0 Å². The molecular formula is C7H13ClN2O. The molecule has 11 heavy (non-hydrogen) atoms. The third kappa shape index (κ3) is 2.34. The smallest absolute Gasteiger partial charge is 0.219 e. The summed E-state index contributed by atoms with van der Waals surface area (Å²) in [5, 5.41) is 0. The molecule has 0 aromatic carbocycles. The molecule has 1 fully saturated rings. The lowest BCUT2D eigenvalue weighted by molar-refractivity contribution is -0.129. The van der Waals surface area contributed by atoms with Crippen molar-refractivity contribution in [3.63, 3.8) is 0 Å². The summed E-state index contributed by atoms with van der Waals surface area (Å²) in [6.07, 6.45) is 1.92. The summed E-state index contributed by atoms with van der Waals surface area (Å²) in [6, 6.07) is 0.382. The minimum Gasteiger partial charge on any atom is -0.343 e. The Morgan fingerprint density at radius 2 is 2.09 bits per heavy atom. The van der Waals surface area contributed by atoms with Crippen LogP contribution >= 0.6 is 11.8 Å². The van der Waals surface area contributed by atoms with Crippen LogP contribution in [0.5, 0.6) is 0 Å². The molecule has 1 N–H and O–H groups in total. The number of nitrogens with one attached hydrogen (secondary N) is 1. The maximum absolute atomic E-state index is 10.9. The molecule has 1 aliphatic heterocycles. The summed E-state index contributed by atoms with van der Waals surface area (Å²) in [5.41, 5.74) is 0. The predicted molar refractivity (Wildman–Crippen MR) is 44.3 cm³/mol. The second-order valence-electron chi connectivity index (χ2n) is 2.89. The lowest BCUT2D eigenvalue weighted by atomic mass is 10.1. The van der Waals surface area contributed by atoms with Crippen molar-refractivity contribution >= 4 is 17.7 Å². The zero-order valence-corrected chi connectivity index (χ0v) is 7.40. The number of halogens is 1. The Hall–Kier alpha value is -0.280. The molecule has 3 nitrogen and oxygen atoms in total. The van der Waals surface area contributed by atoms with E-state index in [0.717, 1.165) is 25.9 Å². The van der Waals surface area contributed by atoms with Crippen molar-refractivity contribution in [1.82, 2.24) is 9.74 Å². The van der Waals surface area contributed by atoms with Gasteiger partial charge in [0.2, 0.25) is 5.91 Å². The van der Waals surface area contributed by atoms with Crippen LogP contribution in [0.1, 0.15) is 19.8 Å². The van der Waals surface area contributed by atoms with E-state index in [4.69, 9.17) is 11.8 Å². The molecule has 1 amide bonds. The van der Waals surface area contributed by atoms with Crippen molar-refractivity contribution in [3.8, 4) is 0 Å². The molecule has 0 unspecified atom stereocenters. The topological polar surface area (TPSA) is 32.3 Å². The molecule has 0 spiro atoms. The first-order valence-electron chi connectivity index (χ1n) is 3.85. The Balaban J connectivity index is 2.30. The predicted octanol–water partition coefficient (Wildman–Crippen LogP) is 0.741. The lowest BCUT2D eigenvalue weighted by Gasteiger charge is -2.30. The Kier molecular flexibility index (Phi) is 3.15. The van der Waals surface area contributed by atoms with Gasteiger partial charge in [0.15, 0.2) is 0 Å². The molecule has 1 aliphatic rings. The molecule has 1 heterocycles. The van der Waals surface area contributed by atoms with Crippen molar-refractivity contribution in [2.75, 3.05) is 13.1 Å². The lowest BCUT2D eigenvalue weighted by Crippen LogP contribution is -2.41. The highest BCUT2D eigenvalue weighted by atomic mass is 35.5. The van der Waals surface area contributed by atoms with E-state index in [2.05, 4.69) is 4.84 Å². The van der Waals surface area contributed by atoms with E-state index in [9.17, 15) is 4.79 Å². The van der Waals surface area contributed by atoms with Gasteiger partial charge in [-0.05, 0) is 24.6 Å². The van der Waals surface area contributed by atoms with Crippen molar-refractivity contribution in [3.05, 3.63) is 0 Å². The summed E-state index contributed by atoms with van der Waals surface area (Å²) in [4.78, 5) is 15.4. The van der Waals surface area contributed by atoms with Crippen LogP contribution in [-0.2, 0) is 4.79 Å². The van der Waals surface area contributed by atoms with E-state index < -0.39 is 0 Å². The third-order valence-corrected chi connectivity index (χ3v) is 2.40. The van der Waals surface area contributed by atoms with E-state index in [0.29, 0.717) is 6.04 Å². The number of rotatable bonds is 1. The molecule has 4 heteroatoms. The van der Waals surface area contributed by atoms with Crippen LogP contribution in [0, 0.1) is 0 Å². The maximum atomic E-state index is 10.9. The van der Waals surface area contributed by atoms with E-state index >= 15 is 0 Å². The number of piperidine rings is 1. The Bertz CT molecular complexity index is 143. The van der Waals surface area contributed by atoms with E-state index in [1.165, 1.54) is 0 Å². The number of nitrogens with zero attached hydrogens (tertiary/aromatic N) is 1. The molecule has 64 valence electrons. The van der Waals surface area contributed by atoms with Gasteiger partial charge in [-0.25, -0.2) is 4.84 Å². The Morgan fingerprint density at radius 1 is 1.55 bits per heavy atom. The fraction of sp³-hybridized carbons (Fsp3) is 0.857. The summed E-state index contributed by atoms with van der Waals surface area (Å²) in [7, 11) is 0. The first kappa shape index (κ1) is 8.81. The maximum Gasteiger partial charge on any atom is 0.219 e. The van der Waals surface area contributed by atoms with Crippen molar-refractivity contribution < 1.29 is 4.79 Å². The molecule has 0 radical (unpaired) electrons. The summed E-state index contributed by atoms with van der Waals surface area (Å²) in [6.45, 7) is 3.27. The zero-order chi connectivity index (χ0) is 8.27. The standard InChI is InChI=1S/C7H13ClN2O/c1-6(11)10-4-2-7(9-8)3-5-10/h7,9H,2-5H2,1H3. The van der Waals surface area contributed by atoms with Gasteiger partial charge < -0.3 is 4.90 Å². The van der Waals surface area contributed by atoms with Gasteiger partial charge in [0.05, 0.1) is 0 Å². The average molecular weight is 177 g/mol. The van der Waals surface area contributed by atoms with E-state index in [1.807, 2.05) is 4.90 Å². The molecule has 0 aromatic rings. The zero-order valence-electron chi connectivity index (χ0n) is 6.64. The first-order valence-corrected chi connectivity index (χ1v) is 4.23. The summed E-state index contributed by atoms with van der Waals surface area (Å²) in [5.74, 6) is 0.165. The minimum atomic E-state index is 0.165. The van der Waals surface area contributed by atoms with Gasteiger partial charge in [-0.3, -0.25) is 4.79 Å². The van der Waals surface area contributed by atoms with Gasteiger partial charge in [0, 0.05) is 26.1 Å². The number of carbonyl (C=O) groups is 1. The number of likely N-dealkylation sites (tertiary alicyclic amines) is 1. The van der Waals surface area contributed by atoms with Crippen molar-refractivity contribution in [2.45, 2.75) is 25.8 Å². The summed E-state index contributed by atoms with van der Waals surface area (Å²) < 4.78 is 0. The molecule has 1 rings (SSSR count). The molecule has 0 bridgehead atoms. The molecule has 0 atom stereocenters. The molecule has 0 aliphatic carbocycles. The molecular weight excluding hydrogens is 164 g/mol. The Labute approximate surface area is 71.8 Å². The van der Waals surface area contributed by atoms with Gasteiger partial charge in [-0.1, -0.05) is 0 Å². The fourth-order valence-electron chi connectivity index (χ4n) is 1.30. The van der Waals surface area contributed by atoms with E-state index in [-0.39, 0.29) is 5.91 Å². The van der Waals surface area contributed by atoms with Gasteiger partial charge in [0.1, 0.15) is 0 Å². The van der Waals surface area contributed by atoms with Crippen LogP contribution < -0.4 is 4.84 Å². The SMILES string of the molecule is CC(=O)N1CCC(NCl)CC1. The third-order valence-electron chi connectivity index (χ3n) is 2.09. The van der Waals surface area contributed by atoms with Crippen LogP contribution in [0.2, 0.25) is 0 Å². The van der Waals surface area contributed by atoms with Crippen LogP contribution in [-0.4, -0.2) is 29.9 Å². The fourth-order valence-corrected chi connectivity index (χ4v) is 1.52. The first-order chi connectivity index (χ1) is 5.24. The largest absolute Gasteiger partial charge is 0.343 e. The second kappa shape index (κ2) is 3.93. The highest BCUT2D eigenvalue weighted by Gasteiger charge is 2.19. The second-order valence-corrected chi connectivity index (χ2v) is 3.11.